The van der Waals surface area contributed by atoms with Crippen LogP contribution in [0.25, 0.3) is 0 Å². The molecule has 44 heteroatoms. The number of fused-ring (bicyclic) bond motifs is 4. The molecule has 4 aliphatic rings. The van der Waals surface area contributed by atoms with Crippen LogP contribution in [0.1, 0.15) is 157 Å². The van der Waals surface area contributed by atoms with Crippen molar-refractivity contribution in [2.45, 2.75) is 155 Å². The summed E-state index contributed by atoms with van der Waals surface area (Å²) >= 11 is 0. The summed E-state index contributed by atoms with van der Waals surface area (Å²) in [7, 11) is -3.74. The Morgan fingerprint density at radius 1 is 0.338 bits per heavy atom. The number of imidazole rings is 4. The van der Waals surface area contributed by atoms with Gasteiger partial charge in [-0.3, -0.25) is 36.4 Å². The number of hydrogen-bond acceptors (Lipinski definition) is 28. The van der Waals surface area contributed by atoms with E-state index in [1.165, 1.54) is 131 Å². The molecule has 0 spiro atoms. The Morgan fingerprint density at radius 2 is 0.593 bits per heavy atom. The Kier molecular flexibility index (Phi) is 31.2. The monoisotopic (exact) mass is 2050 g/mol. The van der Waals surface area contributed by atoms with Crippen LogP contribution in [-0.4, -0.2) is 218 Å². The number of amidine groups is 4. The van der Waals surface area contributed by atoms with Crippen LogP contribution in [0.5, 0.6) is 23.0 Å². The molecule has 762 valence electrons. The molecule has 145 heavy (non-hydrogen) atoms. The molecule has 40 nitrogen and oxygen atoms in total. The van der Waals surface area contributed by atoms with Gasteiger partial charge in [0.2, 0.25) is 0 Å². The van der Waals surface area contributed by atoms with Crippen molar-refractivity contribution in [3.63, 3.8) is 0 Å². The molecular formula is C101H114N20O20S4. The first kappa shape index (κ1) is 107. The zero-order chi connectivity index (χ0) is 106. The Balaban J connectivity index is 0.000000162. The van der Waals surface area contributed by atoms with Gasteiger partial charge in [-0.25, -0.2) is 83.2 Å². The summed E-state index contributed by atoms with van der Waals surface area (Å²) in [4.78, 5) is 115. The molecule has 4 aliphatic heterocycles. The molecule has 4 amide bonds. The number of anilines is 4. The first-order valence-electron chi connectivity index (χ1n) is 45.3. The number of methoxy groups -OCH3 is 5. The number of likely N-dealkylation sites (N-methyl/N-ethyl adjacent to an activating group) is 4. The highest BCUT2D eigenvalue weighted by Gasteiger charge is 2.46. The van der Waals surface area contributed by atoms with Gasteiger partial charge in [-0.1, -0.05) is 156 Å². The predicted molar refractivity (Wildman–Crippen MR) is 548 cm³/mol. The Bertz CT molecular complexity index is 7360. The fraction of sp³-hybridized carbons (Fsp3) is 0.307. The van der Waals surface area contributed by atoms with E-state index in [9.17, 15) is 62.4 Å². The maximum absolute atomic E-state index is 14.2. The normalized spacial score (nSPS) is 15.5. The van der Waals surface area contributed by atoms with E-state index in [2.05, 4.69) is 123 Å². The average molecular weight is 2060 g/mol. The van der Waals surface area contributed by atoms with Crippen molar-refractivity contribution in [2.24, 2.45) is 20.0 Å². The number of para-hydroxylation sites is 4. The van der Waals surface area contributed by atoms with E-state index < -0.39 is 111 Å². The molecule has 0 fully saturated rings. The van der Waals surface area contributed by atoms with Gasteiger partial charge in [0, 0.05) is 65.4 Å². The van der Waals surface area contributed by atoms with Crippen molar-refractivity contribution in [1.29, 1.82) is 0 Å². The summed E-state index contributed by atoms with van der Waals surface area (Å²) in [5, 5.41) is 11.6. The van der Waals surface area contributed by atoms with Crippen molar-refractivity contribution in [3.05, 3.63) is 266 Å². The lowest BCUT2D eigenvalue weighted by atomic mass is 9.86. The van der Waals surface area contributed by atoms with Crippen molar-refractivity contribution in [3.8, 4) is 23.0 Å². The maximum Gasteiger partial charge on any atom is 0.359 e. The number of sulfonamides is 4. The molecule has 12 aromatic rings. The number of carbonyl (C=O) groups is 6. The second-order valence-corrected chi connectivity index (χ2v) is 45.2. The number of hydrogen-bond donors (Lipinski definition) is 4. The Morgan fingerprint density at radius 3 is 0.841 bits per heavy atom. The van der Waals surface area contributed by atoms with Gasteiger partial charge in [0.1, 0.15) is 42.6 Å². The lowest BCUT2D eigenvalue weighted by molar-refractivity contribution is -0.118. The van der Waals surface area contributed by atoms with Crippen LogP contribution in [0.15, 0.2) is 272 Å². The SMILES string of the molecule is CCOc1ccc(C(C)(C)C)cc1NC(=O)C(C1=Nc2ccccc2S(=O)(=O)N1C)n1ccnc1.COC(=O)c1ncn(C(C(=O)Nc2cc(C(C)(C)C)ccc2OC)C2=Nc3ccccc3S(=O)(=O)N2C)c1C(=O)OC.COc1ccc(C(C)(C)C)cc1NC(=O)C(C1=Nc2ccccc2S(=O)(=O)N1C)n1ccnc1.COc1ccc(C(C)(C)C)cc1NC(=O)C(C1=Nc2ccccc2S(=O)(=O)N1C)n1ccnc1. The van der Waals surface area contributed by atoms with E-state index in [1.807, 2.05) is 76.2 Å². The number of aliphatic imine (C=N–C) groups is 4. The van der Waals surface area contributed by atoms with Gasteiger partial charge >= 0.3 is 11.9 Å². The molecular weight excluding hydrogens is 1940 g/mol. The quantitative estimate of drug-likeness (QED) is 0.0432. The van der Waals surface area contributed by atoms with E-state index in [0.29, 0.717) is 46.7 Å². The molecule has 4 N–H and O–H groups in total. The molecule has 0 saturated carbocycles. The number of rotatable bonds is 23. The van der Waals surface area contributed by atoms with E-state index in [-0.39, 0.29) is 93.0 Å². The van der Waals surface area contributed by atoms with Crippen LogP contribution in [0.4, 0.5) is 45.5 Å². The second kappa shape index (κ2) is 42.5. The maximum atomic E-state index is 14.2. The third-order valence-electron chi connectivity index (χ3n) is 23.9. The van der Waals surface area contributed by atoms with Crippen LogP contribution in [0, 0.1) is 0 Å². The number of aromatic nitrogens is 8. The van der Waals surface area contributed by atoms with Gasteiger partial charge in [-0.15, -0.1) is 0 Å². The minimum absolute atomic E-state index is 0.0557. The summed E-state index contributed by atoms with van der Waals surface area (Å²) in [6, 6.07) is 42.7. The molecule has 4 aromatic heterocycles. The third-order valence-corrected chi connectivity index (χ3v) is 31.1. The van der Waals surface area contributed by atoms with Crippen LogP contribution in [-0.2, 0) is 90.4 Å². The summed E-state index contributed by atoms with van der Waals surface area (Å²) in [6.07, 6.45) is 14.8. The number of carbonyl (C=O) groups excluding carboxylic acids is 6. The van der Waals surface area contributed by atoms with Crippen molar-refractivity contribution in [1.82, 2.24) is 55.4 Å². The molecule has 16 rings (SSSR count). The lowest BCUT2D eigenvalue weighted by Gasteiger charge is -2.31. The van der Waals surface area contributed by atoms with E-state index in [1.54, 1.807) is 110 Å². The summed E-state index contributed by atoms with van der Waals surface area (Å²) in [6.45, 7) is 27.0. The van der Waals surface area contributed by atoms with Gasteiger partial charge in [-0.05, 0) is 148 Å². The van der Waals surface area contributed by atoms with Gasteiger partial charge < -0.3 is 68.0 Å². The first-order chi connectivity index (χ1) is 68.4. The average Bonchev–Trinajstić information content (AvgIpc) is 1.51. The molecule has 0 aliphatic carbocycles. The fourth-order valence-corrected chi connectivity index (χ4v) is 21.0. The number of benzene rings is 8. The van der Waals surface area contributed by atoms with Crippen molar-refractivity contribution in [2.75, 3.05) is 91.6 Å². The van der Waals surface area contributed by atoms with Crippen LogP contribution in [0.3, 0.4) is 0 Å². The fourth-order valence-electron chi connectivity index (χ4n) is 15.8. The number of esters is 2. The minimum Gasteiger partial charge on any atom is -0.495 e. The highest BCUT2D eigenvalue weighted by atomic mass is 32.2. The topological polar surface area (TPSA) is 476 Å². The number of amides is 4. The summed E-state index contributed by atoms with van der Waals surface area (Å²) in [5.41, 5.74) is 4.96. The van der Waals surface area contributed by atoms with E-state index in [0.717, 1.165) is 64.6 Å². The number of ether oxygens (including phenoxy) is 6. The third kappa shape index (κ3) is 22.2. The Hall–Kier alpha value is -15.7. The standard InChI is InChI=1S/C28H31N5O8S.C25H29N5O4S.2C24H27N5O4S/c1-28(2,3)16-12-13-19(39-5)18(14-16)31-25(34)23(33-15-29-21(26(35)40-6)22(33)27(36)41-7)24-30-17-10-8-9-11-20(17)42(37,38)32(24)4;1-6-34-20-12-11-17(25(2,3)4)15-19(20)28-24(31)22(30-14-13-26-16-30)23-27-18-9-7-8-10-21(18)35(32,33)29(23)5;2*1-24(2,3)16-10-11-19(33-5)18(14-16)27-23(30)21(29-13-12-25-15-29)22-26-17-8-6-7-9-20(17)34(31,32)28(22)4/h8-15,23H,1-7H3,(H,31,34);7-16,22H,6H2,1-5H3,(H,28,31);2*6-15,21H,1-5H3,(H,27,30). The summed E-state index contributed by atoms with van der Waals surface area (Å²) in [5.74, 6) is -2.49. The highest BCUT2D eigenvalue weighted by molar-refractivity contribution is 7.91. The predicted octanol–water partition coefficient (Wildman–Crippen LogP) is 14.9. The molecule has 4 unspecified atom stereocenters. The number of nitrogens with zero attached hydrogens (tertiary/aromatic N) is 16. The summed E-state index contributed by atoms with van der Waals surface area (Å²) < 4.78 is 148. The Labute approximate surface area is 841 Å². The lowest BCUT2D eigenvalue weighted by Crippen LogP contribution is -2.45. The molecule has 4 atom stereocenters. The molecule has 8 aromatic carbocycles. The molecule has 0 radical (unpaired) electrons. The molecule has 0 bridgehead atoms. The highest BCUT2D eigenvalue weighted by Crippen LogP contribution is 2.44. The van der Waals surface area contributed by atoms with Crippen LogP contribution < -0.4 is 40.2 Å². The van der Waals surface area contributed by atoms with Crippen LogP contribution >= 0.6 is 0 Å². The second-order valence-electron chi connectivity index (χ2n) is 37.5. The first-order valence-corrected chi connectivity index (χ1v) is 51.0. The number of nitrogens with one attached hydrogen (secondary N) is 4. The van der Waals surface area contributed by atoms with Gasteiger partial charge in [0.15, 0.2) is 58.9 Å². The molecule has 0 saturated heterocycles. The van der Waals surface area contributed by atoms with E-state index in [4.69, 9.17) is 28.4 Å². The zero-order valence-corrected chi connectivity index (χ0v) is 87.2. The largest absolute Gasteiger partial charge is 0.495 e. The molecule has 8 heterocycles. The van der Waals surface area contributed by atoms with Crippen LogP contribution in [0.2, 0.25) is 0 Å². The van der Waals surface area contributed by atoms with E-state index >= 15 is 0 Å². The minimum atomic E-state index is -4.16. The van der Waals surface area contributed by atoms with Crippen molar-refractivity contribution < 1.29 is 90.9 Å². The van der Waals surface area contributed by atoms with Gasteiger partial charge in [-0.2, -0.15) is 0 Å². The van der Waals surface area contributed by atoms with Crippen molar-refractivity contribution >= 4 is 145 Å². The van der Waals surface area contributed by atoms with Gasteiger partial charge in [0.05, 0.1) is 113 Å². The zero-order valence-electron chi connectivity index (χ0n) is 83.9. The smallest absolute Gasteiger partial charge is 0.359 e. The van der Waals surface area contributed by atoms with Gasteiger partial charge in [0.25, 0.3) is 63.7 Å².